The van der Waals surface area contributed by atoms with Crippen LogP contribution in [0.1, 0.15) is 9.67 Å². The zero-order chi connectivity index (χ0) is 15.6. The van der Waals surface area contributed by atoms with Gasteiger partial charge in [-0.15, -0.1) is 11.3 Å². The molecule has 0 bridgehead atoms. The minimum absolute atomic E-state index is 0.0623. The third-order valence-electron chi connectivity index (χ3n) is 2.54. The number of sulfonamides is 1. The zero-order valence-corrected chi connectivity index (χ0v) is 14.0. The van der Waals surface area contributed by atoms with Crippen molar-refractivity contribution in [3.05, 3.63) is 39.0 Å². The first kappa shape index (κ1) is 15.8. The summed E-state index contributed by atoms with van der Waals surface area (Å²) in [6, 6.07) is 5.93. The van der Waals surface area contributed by atoms with Crippen LogP contribution < -0.4 is 10.5 Å². The maximum atomic E-state index is 12.3. The van der Waals surface area contributed by atoms with Crippen molar-refractivity contribution in [3.8, 4) is 0 Å². The van der Waals surface area contributed by atoms with E-state index in [-0.39, 0.29) is 21.1 Å². The Kier molecular flexibility index (Phi) is 4.55. The van der Waals surface area contributed by atoms with Crippen molar-refractivity contribution >= 4 is 54.6 Å². The highest BCUT2D eigenvalue weighted by atomic mass is 79.9. The summed E-state index contributed by atoms with van der Waals surface area (Å²) in [5.41, 5.74) is 5.99. The molecule has 9 heteroatoms. The second-order valence-electron chi connectivity index (χ2n) is 3.94. The van der Waals surface area contributed by atoms with Gasteiger partial charge in [-0.25, -0.2) is 13.2 Å². The van der Waals surface area contributed by atoms with Crippen LogP contribution in [0.2, 0.25) is 0 Å². The number of nitrogens with one attached hydrogen (secondary N) is 1. The van der Waals surface area contributed by atoms with Gasteiger partial charge in [0, 0.05) is 4.47 Å². The first-order chi connectivity index (χ1) is 9.85. The molecule has 0 fully saturated rings. The molecule has 6 nitrogen and oxygen atoms in total. The van der Waals surface area contributed by atoms with Crippen molar-refractivity contribution in [1.29, 1.82) is 0 Å². The Morgan fingerprint density at radius 1 is 1.38 bits per heavy atom. The number of methoxy groups -OCH3 is 1. The molecule has 0 radical (unpaired) electrons. The normalized spacial score (nSPS) is 11.1. The van der Waals surface area contributed by atoms with Gasteiger partial charge >= 0.3 is 5.97 Å². The Hall–Kier alpha value is -1.58. The molecule has 0 atom stereocenters. The smallest absolute Gasteiger partial charge is 0.350 e. The Morgan fingerprint density at radius 2 is 2.10 bits per heavy atom. The summed E-state index contributed by atoms with van der Waals surface area (Å²) >= 11 is 4.29. The van der Waals surface area contributed by atoms with Crippen molar-refractivity contribution in [1.82, 2.24) is 0 Å². The Morgan fingerprint density at radius 3 is 2.71 bits per heavy atom. The summed E-state index contributed by atoms with van der Waals surface area (Å²) in [4.78, 5) is 11.7. The number of hydrogen-bond donors (Lipinski definition) is 2. The molecule has 2 rings (SSSR count). The van der Waals surface area contributed by atoms with Gasteiger partial charge in [0.05, 0.1) is 18.5 Å². The molecule has 0 aliphatic rings. The van der Waals surface area contributed by atoms with E-state index in [1.807, 2.05) is 0 Å². The van der Waals surface area contributed by atoms with E-state index in [4.69, 9.17) is 5.73 Å². The van der Waals surface area contributed by atoms with Gasteiger partial charge in [-0.3, -0.25) is 4.72 Å². The molecular weight excluding hydrogens is 380 g/mol. The number of halogens is 1. The molecule has 1 aromatic carbocycles. The van der Waals surface area contributed by atoms with Crippen LogP contribution in [0.5, 0.6) is 0 Å². The molecule has 0 saturated carbocycles. The molecule has 3 N–H and O–H groups in total. The van der Waals surface area contributed by atoms with Crippen LogP contribution in [0.25, 0.3) is 0 Å². The van der Waals surface area contributed by atoms with Crippen LogP contribution in [0.4, 0.5) is 11.4 Å². The highest BCUT2D eigenvalue weighted by molar-refractivity contribution is 9.10. The summed E-state index contributed by atoms with van der Waals surface area (Å²) in [7, 11) is -2.66. The van der Waals surface area contributed by atoms with Gasteiger partial charge in [0.15, 0.2) is 0 Å². The number of ether oxygens (including phenoxy) is 1. The molecule has 0 aliphatic carbocycles. The lowest BCUT2D eigenvalue weighted by atomic mass is 10.3. The third-order valence-corrected chi connectivity index (χ3v) is 5.37. The number of esters is 1. The molecule has 112 valence electrons. The van der Waals surface area contributed by atoms with Gasteiger partial charge in [0.2, 0.25) is 0 Å². The number of benzene rings is 1. The standard InChI is InChI=1S/C12H11BrN2O4S2/c1-19-12(16)11-9(4-5-20-11)15-21(17,18)10-3-2-7(13)6-8(10)14/h2-6,15H,14H2,1H3. The largest absolute Gasteiger partial charge is 0.465 e. The summed E-state index contributed by atoms with van der Waals surface area (Å²) in [5.74, 6) is -0.605. The van der Waals surface area contributed by atoms with Crippen molar-refractivity contribution in [2.75, 3.05) is 17.6 Å². The van der Waals surface area contributed by atoms with E-state index in [1.165, 1.54) is 25.3 Å². The van der Waals surface area contributed by atoms with Crippen LogP contribution >= 0.6 is 27.3 Å². The summed E-state index contributed by atoms with van der Waals surface area (Å²) < 4.78 is 32.3. The van der Waals surface area contributed by atoms with E-state index < -0.39 is 16.0 Å². The number of nitrogen functional groups attached to an aromatic ring is 1. The Labute approximate surface area is 134 Å². The van der Waals surface area contributed by atoms with E-state index in [0.29, 0.717) is 4.47 Å². The highest BCUT2D eigenvalue weighted by Gasteiger charge is 2.22. The predicted octanol–water partition coefficient (Wildman–Crippen LogP) is 2.68. The minimum atomic E-state index is -3.89. The molecule has 1 heterocycles. The number of carbonyl (C=O) groups excluding carboxylic acids is 1. The van der Waals surface area contributed by atoms with Gasteiger partial charge in [-0.2, -0.15) is 0 Å². The quantitative estimate of drug-likeness (QED) is 0.617. The van der Waals surface area contributed by atoms with Crippen LogP contribution in [0.15, 0.2) is 39.0 Å². The van der Waals surface area contributed by atoms with Crippen LogP contribution in [0, 0.1) is 0 Å². The number of carbonyl (C=O) groups is 1. The molecule has 2 aromatic rings. The molecule has 0 spiro atoms. The third kappa shape index (κ3) is 3.36. The van der Waals surface area contributed by atoms with Crippen LogP contribution in [-0.4, -0.2) is 21.5 Å². The second-order valence-corrected chi connectivity index (χ2v) is 7.43. The molecule has 0 saturated heterocycles. The Bertz CT molecular complexity index is 786. The number of hydrogen-bond acceptors (Lipinski definition) is 6. The second kappa shape index (κ2) is 6.04. The summed E-state index contributed by atoms with van der Waals surface area (Å²) in [6.45, 7) is 0. The minimum Gasteiger partial charge on any atom is -0.465 e. The van der Waals surface area contributed by atoms with E-state index >= 15 is 0 Å². The average molecular weight is 391 g/mol. The topological polar surface area (TPSA) is 98.5 Å². The Balaban J connectivity index is 2.38. The number of thiophene rings is 1. The lowest BCUT2D eigenvalue weighted by Gasteiger charge is -2.10. The predicted molar refractivity (Wildman–Crippen MR) is 85.0 cm³/mol. The maximum absolute atomic E-state index is 12.3. The van der Waals surface area contributed by atoms with Gasteiger partial charge in [-0.05, 0) is 29.6 Å². The summed E-state index contributed by atoms with van der Waals surface area (Å²) in [5, 5.41) is 1.59. The van der Waals surface area contributed by atoms with Gasteiger partial charge in [0.1, 0.15) is 9.77 Å². The first-order valence-electron chi connectivity index (χ1n) is 5.59. The highest BCUT2D eigenvalue weighted by Crippen LogP contribution is 2.28. The van der Waals surface area contributed by atoms with Crippen LogP contribution in [0.3, 0.4) is 0 Å². The zero-order valence-electron chi connectivity index (χ0n) is 10.8. The fourth-order valence-corrected chi connectivity index (χ4v) is 4.00. The molecule has 0 aliphatic heterocycles. The van der Waals surface area contributed by atoms with Gasteiger partial charge < -0.3 is 10.5 Å². The van der Waals surface area contributed by atoms with Crippen molar-refractivity contribution in [2.45, 2.75) is 4.90 Å². The number of rotatable bonds is 4. The van der Waals surface area contributed by atoms with Crippen molar-refractivity contribution in [2.24, 2.45) is 0 Å². The van der Waals surface area contributed by atoms with Crippen LogP contribution in [-0.2, 0) is 14.8 Å². The van der Waals surface area contributed by atoms with Crippen molar-refractivity contribution < 1.29 is 17.9 Å². The molecule has 0 unspecified atom stereocenters. The lowest BCUT2D eigenvalue weighted by Crippen LogP contribution is -2.16. The van der Waals surface area contributed by atoms with Gasteiger partial charge in [-0.1, -0.05) is 15.9 Å². The average Bonchev–Trinajstić information content (AvgIpc) is 2.84. The fraction of sp³-hybridized carbons (Fsp3) is 0.0833. The molecular formula is C12H11BrN2O4S2. The van der Waals surface area contributed by atoms with Gasteiger partial charge in [0.25, 0.3) is 10.0 Å². The van der Waals surface area contributed by atoms with E-state index in [9.17, 15) is 13.2 Å². The van der Waals surface area contributed by atoms with E-state index in [2.05, 4.69) is 25.4 Å². The van der Waals surface area contributed by atoms with Crippen molar-refractivity contribution in [3.63, 3.8) is 0 Å². The first-order valence-corrected chi connectivity index (χ1v) is 8.74. The van der Waals surface area contributed by atoms with E-state index in [1.54, 1.807) is 11.4 Å². The molecule has 0 amide bonds. The van der Waals surface area contributed by atoms with E-state index in [0.717, 1.165) is 11.3 Å². The molecule has 21 heavy (non-hydrogen) atoms. The SMILES string of the molecule is COC(=O)c1sccc1NS(=O)(=O)c1ccc(Br)cc1N. The lowest BCUT2D eigenvalue weighted by molar-refractivity contribution is 0.0607. The fourth-order valence-electron chi connectivity index (χ4n) is 1.60. The summed E-state index contributed by atoms with van der Waals surface area (Å²) in [6.07, 6.45) is 0. The number of anilines is 2. The monoisotopic (exact) mass is 390 g/mol. The number of nitrogens with two attached hydrogens (primary N) is 1. The molecule has 1 aromatic heterocycles. The maximum Gasteiger partial charge on any atom is 0.350 e.